The van der Waals surface area contributed by atoms with Gasteiger partial charge in [-0.25, -0.2) is 0 Å². The molecule has 14 heavy (non-hydrogen) atoms. The van der Waals surface area contributed by atoms with Gasteiger partial charge in [0.15, 0.2) is 0 Å². The van der Waals surface area contributed by atoms with Crippen LogP contribution in [0, 0.1) is 0 Å². The monoisotopic (exact) mass is 216 g/mol. The summed E-state index contributed by atoms with van der Waals surface area (Å²) in [6.45, 7) is 5.02. The molecule has 4 heteroatoms. The van der Waals surface area contributed by atoms with Crippen LogP contribution in [0.15, 0.2) is 0 Å². The van der Waals surface area contributed by atoms with E-state index in [0.29, 0.717) is 12.5 Å². The molecular weight excluding hydrogens is 196 g/mol. The van der Waals surface area contributed by atoms with Gasteiger partial charge in [-0.2, -0.15) is 11.8 Å². The number of nitrogens with zero attached hydrogens (tertiary/aromatic N) is 1. The van der Waals surface area contributed by atoms with Gasteiger partial charge in [-0.1, -0.05) is 6.92 Å². The van der Waals surface area contributed by atoms with Crippen molar-refractivity contribution in [2.75, 3.05) is 18.1 Å². The summed E-state index contributed by atoms with van der Waals surface area (Å²) < 4.78 is 0. The molecule has 1 rings (SSSR count). The van der Waals surface area contributed by atoms with E-state index in [1.54, 1.807) is 0 Å². The Bertz CT molecular complexity index is 199. The second kappa shape index (κ2) is 5.61. The third-order valence-electron chi connectivity index (χ3n) is 2.65. The van der Waals surface area contributed by atoms with Gasteiger partial charge >= 0.3 is 0 Å². The molecular formula is C10H20N2OS. The highest BCUT2D eigenvalue weighted by Gasteiger charge is 2.24. The van der Waals surface area contributed by atoms with Crippen molar-refractivity contribution in [3.05, 3.63) is 0 Å². The fourth-order valence-corrected chi connectivity index (χ4v) is 2.60. The topological polar surface area (TPSA) is 46.3 Å². The Morgan fingerprint density at radius 1 is 1.71 bits per heavy atom. The lowest BCUT2D eigenvalue weighted by Gasteiger charge is -2.33. The first-order chi connectivity index (χ1) is 6.65. The number of rotatable bonds is 3. The smallest absolute Gasteiger partial charge is 0.224 e. The molecule has 1 aliphatic rings. The quantitative estimate of drug-likeness (QED) is 0.768. The zero-order valence-corrected chi connectivity index (χ0v) is 9.85. The SMILES string of the molecule is CCC(N)CC(=O)N1CCSCC1C. The Labute approximate surface area is 90.4 Å². The number of amides is 1. The highest BCUT2D eigenvalue weighted by molar-refractivity contribution is 7.99. The van der Waals surface area contributed by atoms with Crippen LogP contribution in [-0.4, -0.2) is 40.9 Å². The highest BCUT2D eigenvalue weighted by Crippen LogP contribution is 2.17. The van der Waals surface area contributed by atoms with Crippen LogP contribution in [0.3, 0.4) is 0 Å². The van der Waals surface area contributed by atoms with Gasteiger partial charge in [0.1, 0.15) is 0 Å². The molecule has 0 saturated carbocycles. The molecule has 1 saturated heterocycles. The van der Waals surface area contributed by atoms with Crippen molar-refractivity contribution in [1.82, 2.24) is 4.90 Å². The highest BCUT2D eigenvalue weighted by atomic mass is 32.2. The van der Waals surface area contributed by atoms with E-state index in [0.717, 1.165) is 24.5 Å². The van der Waals surface area contributed by atoms with Gasteiger partial charge < -0.3 is 10.6 Å². The fourth-order valence-electron chi connectivity index (χ4n) is 1.58. The second-order valence-corrected chi connectivity index (χ2v) is 5.03. The molecule has 1 aliphatic heterocycles. The zero-order valence-electron chi connectivity index (χ0n) is 9.03. The minimum Gasteiger partial charge on any atom is -0.338 e. The first-order valence-corrected chi connectivity index (χ1v) is 6.43. The minimum absolute atomic E-state index is 0.0317. The van der Waals surface area contributed by atoms with Crippen LogP contribution in [0.4, 0.5) is 0 Å². The normalized spacial score (nSPS) is 24.8. The summed E-state index contributed by atoms with van der Waals surface area (Å²) in [7, 11) is 0. The van der Waals surface area contributed by atoms with Gasteiger partial charge in [-0.15, -0.1) is 0 Å². The molecule has 0 aliphatic carbocycles. The van der Waals surface area contributed by atoms with Gasteiger partial charge in [-0.05, 0) is 13.3 Å². The molecule has 0 spiro atoms. The maximum atomic E-state index is 11.8. The molecule has 0 radical (unpaired) electrons. The lowest BCUT2D eigenvalue weighted by atomic mass is 10.1. The molecule has 3 nitrogen and oxygen atoms in total. The summed E-state index contributed by atoms with van der Waals surface area (Å²) >= 11 is 1.92. The summed E-state index contributed by atoms with van der Waals surface area (Å²) in [4.78, 5) is 13.8. The average molecular weight is 216 g/mol. The van der Waals surface area contributed by atoms with Crippen LogP contribution in [0.25, 0.3) is 0 Å². The summed E-state index contributed by atoms with van der Waals surface area (Å²) in [5.74, 6) is 2.36. The van der Waals surface area contributed by atoms with Gasteiger partial charge in [0.2, 0.25) is 5.91 Å². The molecule has 1 amide bonds. The maximum Gasteiger partial charge on any atom is 0.224 e. The molecule has 1 fully saturated rings. The Balaban J connectivity index is 2.42. The lowest BCUT2D eigenvalue weighted by molar-refractivity contribution is -0.133. The van der Waals surface area contributed by atoms with E-state index >= 15 is 0 Å². The summed E-state index contributed by atoms with van der Waals surface area (Å²) in [5, 5.41) is 0. The largest absolute Gasteiger partial charge is 0.338 e. The van der Waals surface area contributed by atoms with E-state index in [9.17, 15) is 4.79 Å². The number of hydrogen-bond acceptors (Lipinski definition) is 3. The summed E-state index contributed by atoms with van der Waals surface area (Å²) in [5.41, 5.74) is 5.77. The second-order valence-electron chi connectivity index (χ2n) is 3.88. The lowest BCUT2D eigenvalue weighted by Crippen LogP contribution is -2.46. The Kier molecular flexibility index (Phi) is 4.75. The van der Waals surface area contributed by atoms with Crippen molar-refractivity contribution < 1.29 is 4.79 Å². The van der Waals surface area contributed by atoms with Crippen molar-refractivity contribution >= 4 is 17.7 Å². The predicted octanol–water partition coefficient (Wildman–Crippen LogP) is 1.08. The van der Waals surface area contributed by atoms with Gasteiger partial charge in [0.25, 0.3) is 0 Å². The molecule has 0 aromatic carbocycles. The van der Waals surface area contributed by atoms with Crippen LogP contribution in [0.2, 0.25) is 0 Å². The molecule has 0 aromatic rings. The van der Waals surface area contributed by atoms with Crippen molar-refractivity contribution in [2.24, 2.45) is 5.73 Å². The van der Waals surface area contributed by atoms with E-state index < -0.39 is 0 Å². The van der Waals surface area contributed by atoms with E-state index in [-0.39, 0.29) is 11.9 Å². The van der Waals surface area contributed by atoms with E-state index in [4.69, 9.17) is 5.73 Å². The molecule has 2 atom stereocenters. The van der Waals surface area contributed by atoms with Crippen LogP contribution >= 0.6 is 11.8 Å². The number of hydrogen-bond donors (Lipinski definition) is 1. The maximum absolute atomic E-state index is 11.8. The van der Waals surface area contributed by atoms with Crippen LogP contribution in [0.5, 0.6) is 0 Å². The van der Waals surface area contributed by atoms with Crippen molar-refractivity contribution in [1.29, 1.82) is 0 Å². The fraction of sp³-hybridized carbons (Fsp3) is 0.900. The first kappa shape index (κ1) is 11.9. The Hall–Kier alpha value is -0.220. The van der Waals surface area contributed by atoms with Crippen LogP contribution < -0.4 is 5.73 Å². The molecule has 2 unspecified atom stereocenters. The zero-order chi connectivity index (χ0) is 10.6. The van der Waals surface area contributed by atoms with Gasteiger partial charge in [0, 0.05) is 36.6 Å². The van der Waals surface area contributed by atoms with Crippen molar-refractivity contribution in [3.63, 3.8) is 0 Å². The average Bonchev–Trinajstić information content (AvgIpc) is 2.18. The number of carbonyl (C=O) groups is 1. The standard InChI is InChI=1S/C10H20N2OS/c1-3-9(11)6-10(13)12-4-5-14-7-8(12)2/h8-9H,3-7,11H2,1-2H3. The number of thioether (sulfide) groups is 1. The van der Waals surface area contributed by atoms with E-state index in [1.165, 1.54) is 0 Å². The third-order valence-corrected chi connectivity index (χ3v) is 3.84. The molecule has 82 valence electrons. The summed E-state index contributed by atoms with van der Waals surface area (Å²) in [6.07, 6.45) is 1.38. The minimum atomic E-state index is 0.0317. The van der Waals surface area contributed by atoms with E-state index in [2.05, 4.69) is 6.92 Å². The van der Waals surface area contributed by atoms with Crippen molar-refractivity contribution in [2.45, 2.75) is 38.8 Å². The Morgan fingerprint density at radius 2 is 2.43 bits per heavy atom. The third kappa shape index (κ3) is 3.17. The van der Waals surface area contributed by atoms with Crippen molar-refractivity contribution in [3.8, 4) is 0 Å². The van der Waals surface area contributed by atoms with Gasteiger partial charge in [-0.3, -0.25) is 4.79 Å². The van der Waals surface area contributed by atoms with Crippen LogP contribution in [-0.2, 0) is 4.79 Å². The Morgan fingerprint density at radius 3 is 3.00 bits per heavy atom. The molecule has 1 heterocycles. The number of nitrogens with two attached hydrogens (primary N) is 1. The van der Waals surface area contributed by atoms with E-state index in [1.807, 2.05) is 23.6 Å². The molecule has 2 N–H and O–H groups in total. The molecule has 0 aromatic heterocycles. The number of carbonyl (C=O) groups excluding carboxylic acids is 1. The summed E-state index contributed by atoms with van der Waals surface area (Å²) in [6, 6.07) is 0.412. The first-order valence-electron chi connectivity index (χ1n) is 5.28. The van der Waals surface area contributed by atoms with Crippen LogP contribution in [0.1, 0.15) is 26.7 Å². The predicted molar refractivity (Wildman–Crippen MR) is 61.4 cm³/mol. The van der Waals surface area contributed by atoms with Gasteiger partial charge in [0.05, 0.1) is 0 Å². The molecule has 0 bridgehead atoms.